The van der Waals surface area contributed by atoms with Gasteiger partial charge in [0, 0.05) is 5.92 Å². The molecular formula is C15H17F4NO3. The van der Waals surface area contributed by atoms with Gasteiger partial charge in [0.05, 0.1) is 5.56 Å². The minimum Gasteiger partial charge on any atom is -0.480 e. The van der Waals surface area contributed by atoms with Crippen molar-refractivity contribution < 1.29 is 32.3 Å². The van der Waals surface area contributed by atoms with Crippen LogP contribution in [0, 0.1) is 5.92 Å². The molecule has 0 radical (unpaired) electrons. The number of benzene rings is 1. The number of hydrogen-bond donors (Lipinski definition) is 2. The van der Waals surface area contributed by atoms with Gasteiger partial charge in [-0.2, -0.15) is 13.2 Å². The molecule has 1 aromatic carbocycles. The summed E-state index contributed by atoms with van der Waals surface area (Å²) in [6, 6.07) is 2.75. The molecule has 128 valence electrons. The number of carbonyl (C=O) groups is 2. The van der Waals surface area contributed by atoms with Crippen LogP contribution in [0.5, 0.6) is 0 Å². The minimum atomic E-state index is -4.43. The summed E-state index contributed by atoms with van der Waals surface area (Å²) in [5.74, 6) is -2.78. The second kappa shape index (κ2) is 7.94. The summed E-state index contributed by atoms with van der Waals surface area (Å²) in [6.07, 6.45) is -3.96. The van der Waals surface area contributed by atoms with E-state index < -0.39 is 42.3 Å². The highest BCUT2D eigenvalue weighted by molar-refractivity contribution is 5.85. The lowest BCUT2D eigenvalue weighted by Crippen LogP contribution is -2.45. The van der Waals surface area contributed by atoms with Gasteiger partial charge < -0.3 is 10.4 Å². The van der Waals surface area contributed by atoms with Crippen LogP contribution in [0.25, 0.3) is 0 Å². The van der Waals surface area contributed by atoms with Gasteiger partial charge in [0.25, 0.3) is 0 Å². The first kappa shape index (κ1) is 18.9. The molecule has 1 aromatic rings. The van der Waals surface area contributed by atoms with E-state index in [9.17, 15) is 27.2 Å². The van der Waals surface area contributed by atoms with E-state index in [4.69, 9.17) is 5.11 Å². The lowest BCUT2D eigenvalue weighted by atomic mass is 9.95. The standard InChI is InChI=1S/C15H17F4NO3/c1-2-10(13(21)20-12(8-16)14(22)23)7-9-3-5-11(6-4-9)15(17,18)19/h3-6,10,12H,2,7-8H2,1H3,(H,20,21)(H,22,23). The van der Waals surface area contributed by atoms with Crippen LogP contribution in [-0.4, -0.2) is 29.7 Å². The number of amides is 1. The molecule has 0 aliphatic carbocycles. The Bertz CT molecular complexity index is 543. The first-order valence-corrected chi connectivity index (χ1v) is 6.94. The quantitative estimate of drug-likeness (QED) is 0.753. The molecule has 2 atom stereocenters. The fourth-order valence-electron chi connectivity index (χ4n) is 1.99. The van der Waals surface area contributed by atoms with Crippen LogP contribution in [0.4, 0.5) is 17.6 Å². The highest BCUT2D eigenvalue weighted by atomic mass is 19.4. The van der Waals surface area contributed by atoms with Gasteiger partial charge in [-0.05, 0) is 30.5 Å². The molecule has 0 aliphatic rings. The molecule has 0 bridgehead atoms. The average Bonchev–Trinajstić information content (AvgIpc) is 2.49. The van der Waals surface area contributed by atoms with Crippen LogP contribution < -0.4 is 5.32 Å². The number of nitrogens with one attached hydrogen (secondary N) is 1. The van der Waals surface area contributed by atoms with Gasteiger partial charge in [-0.25, -0.2) is 9.18 Å². The third kappa shape index (κ3) is 5.54. The molecule has 4 nitrogen and oxygen atoms in total. The summed E-state index contributed by atoms with van der Waals surface area (Å²) in [6.45, 7) is 0.442. The molecule has 0 spiro atoms. The van der Waals surface area contributed by atoms with E-state index in [0.29, 0.717) is 12.0 Å². The van der Waals surface area contributed by atoms with Crippen molar-refractivity contribution in [2.75, 3.05) is 6.67 Å². The Balaban J connectivity index is 2.76. The van der Waals surface area contributed by atoms with Crippen LogP contribution in [0.15, 0.2) is 24.3 Å². The Kier molecular flexibility index (Phi) is 6.53. The van der Waals surface area contributed by atoms with Gasteiger partial charge >= 0.3 is 12.1 Å². The molecule has 0 saturated heterocycles. The van der Waals surface area contributed by atoms with E-state index in [-0.39, 0.29) is 6.42 Å². The maximum atomic E-state index is 12.5. The van der Waals surface area contributed by atoms with E-state index in [1.165, 1.54) is 12.1 Å². The third-order valence-electron chi connectivity index (χ3n) is 3.40. The molecule has 2 N–H and O–H groups in total. The van der Waals surface area contributed by atoms with Crippen LogP contribution in [0.2, 0.25) is 0 Å². The van der Waals surface area contributed by atoms with E-state index >= 15 is 0 Å². The van der Waals surface area contributed by atoms with Gasteiger partial charge in [-0.15, -0.1) is 0 Å². The van der Waals surface area contributed by atoms with Crippen LogP contribution in [-0.2, 0) is 22.2 Å². The molecule has 23 heavy (non-hydrogen) atoms. The zero-order valence-electron chi connectivity index (χ0n) is 12.4. The molecule has 0 aliphatic heterocycles. The number of carboxylic acid groups (broad SMARTS) is 1. The van der Waals surface area contributed by atoms with E-state index in [1.807, 2.05) is 0 Å². The summed E-state index contributed by atoms with van der Waals surface area (Å²) < 4.78 is 50.0. The molecule has 1 rings (SSSR count). The van der Waals surface area contributed by atoms with E-state index in [0.717, 1.165) is 12.1 Å². The summed E-state index contributed by atoms with van der Waals surface area (Å²) >= 11 is 0. The predicted octanol–water partition coefficient (Wildman–Crippen LogP) is 2.81. The topological polar surface area (TPSA) is 66.4 Å². The van der Waals surface area contributed by atoms with E-state index in [1.54, 1.807) is 6.92 Å². The maximum absolute atomic E-state index is 12.5. The lowest BCUT2D eigenvalue weighted by molar-refractivity contribution is -0.143. The second-order valence-electron chi connectivity index (χ2n) is 5.06. The fraction of sp³-hybridized carbons (Fsp3) is 0.467. The highest BCUT2D eigenvalue weighted by Gasteiger charge is 2.30. The Labute approximate surface area is 130 Å². The van der Waals surface area contributed by atoms with Crippen molar-refractivity contribution in [3.8, 4) is 0 Å². The molecular weight excluding hydrogens is 318 g/mol. The van der Waals surface area contributed by atoms with Crippen molar-refractivity contribution in [2.24, 2.45) is 5.92 Å². The molecule has 0 aromatic heterocycles. The number of hydrogen-bond acceptors (Lipinski definition) is 2. The Morgan fingerprint density at radius 3 is 2.17 bits per heavy atom. The molecule has 0 fully saturated rings. The van der Waals surface area contributed by atoms with Crippen LogP contribution in [0.3, 0.4) is 0 Å². The Hall–Kier alpha value is -2.12. The minimum absolute atomic E-state index is 0.138. The predicted molar refractivity (Wildman–Crippen MR) is 74.5 cm³/mol. The van der Waals surface area contributed by atoms with Crippen LogP contribution in [0.1, 0.15) is 24.5 Å². The number of halogens is 4. The van der Waals surface area contributed by atoms with E-state index in [2.05, 4.69) is 5.32 Å². The number of aliphatic carboxylic acids is 1. The number of carbonyl (C=O) groups excluding carboxylic acids is 1. The lowest BCUT2D eigenvalue weighted by Gasteiger charge is -2.18. The summed E-state index contributed by atoms with van der Waals surface area (Å²) in [5, 5.41) is 10.8. The zero-order valence-corrected chi connectivity index (χ0v) is 12.4. The van der Waals surface area contributed by atoms with Crippen molar-refractivity contribution in [3.05, 3.63) is 35.4 Å². The largest absolute Gasteiger partial charge is 0.480 e. The SMILES string of the molecule is CCC(Cc1ccc(C(F)(F)F)cc1)C(=O)NC(CF)C(=O)O. The van der Waals surface area contributed by atoms with Crippen molar-refractivity contribution in [1.82, 2.24) is 5.32 Å². The Morgan fingerprint density at radius 1 is 1.22 bits per heavy atom. The van der Waals surface area contributed by atoms with Gasteiger partial charge in [-0.1, -0.05) is 19.1 Å². The van der Waals surface area contributed by atoms with Gasteiger partial charge in [0.15, 0.2) is 6.04 Å². The maximum Gasteiger partial charge on any atom is 0.416 e. The monoisotopic (exact) mass is 335 g/mol. The normalized spacial score (nSPS) is 14.1. The van der Waals surface area contributed by atoms with Crippen molar-refractivity contribution in [1.29, 1.82) is 0 Å². The second-order valence-corrected chi connectivity index (χ2v) is 5.06. The smallest absolute Gasteiger partial charge is 0.416 e. The number of rotatable bonds is 7. The van der Waals surface area contributed by atoms with Crippen molar-refractivity contribution >= 4 is 11.9 Å². The molecule has 0 heterocycles. The zero-order chi connectivity index (χ0) is 17.6. The van der Waals surface area contributed by atoms with Crippen molar-refractivity contribution in [3.63, 3.8) is 0 Å². The van der Waals surface area contributed by atoms with Gasteiger partial charge in [-0.3, -0.25) is 4.79 Å². The van der Waals surface area contributed by atoms with Gasteiger partial charge in [0.2, 0.25) is 5.91 Å². The van der Waals surface area contributed by atoms with Crippen LogP contribution >= 0.6 is 0 Å². The Morgan fingerprint density at radius 2 is 1.78 bits per heavy atom. The summed E-state index contributed by atoms with van der Waals surface area (Å²) in [5.41, 5.74) is -0.283. The molecule has 1 amide bonds. The molecule has 0 saturated carbocycles. The highest BCUT2D eigenvalue weighted by Crippen LogP contribution is 2.29. The molecule has 2 unspecified atom stereocenters. The molecule has 8 heteroatoms. The average molecular weight is 335 g/mol. The number of carboxylic acids is 1. The summed E-state index contributed by atoms with van der Waals surface area (Å²) in [4.78, 5) is 22.7. The first-order valence-electron chi connectivity index (χ1n) is 6.94. The summed E-state index contributed by atoms with van der Waals surface area (Å²) in [7, 11) is 0. The van der Waals surface area contributed by atoms with Crippen molar-refractivity contribution in [2.45, 2.75) is 32.0 Å². The fourth-order valence-corrected chi connectivity index (χ4v) is 1.99. The third-order valence-corrected chi connectivity index (χ3v) is 3.40. The number of alkyl halides is 4. The van der Waals surface area contributed by atoms with Gasteiger partial charge in [0.1, 0.15) is 6.67 Å². The first-order chi connectivity index (χ1) is 10.7.